The van der Waals surface area contributed by atoms with Crippen LogP contribution in [0.4, 0.5) is 0 Å². The van der Waals surface area contributed by atoms with Crippen LogP contribution in [0.5, 0.6) is 11.5 Å². The quantitative estimate of drug-likeness (QED) is 0.735. The highest BCUT2D eigenvalue weighted by atomic mass is 16.7. The molecule has 0 N–H and O–H groups in total. The van der Waals surface area contributed by atoms with Gasteiger partial charge in [-0.25, -0.2) is 0 Å². The van der Waals surface area contributed by atoms with Crippen molar-refractivity contribution in [2.24, 2.45) is 5.92 Å². The number of ether oxygens (including phenoxy) is 2. The van der Waals surface area contributed by atoms with Gasteiger partial charge in [-0.3, -0.25) is 14.7 Å². The van der Waals surface area contributed by atoms with Gasteiger partial charge in [-0.1, -0.05) is 6.07 Å². The number of fused-ring (bicyclic) bond motifs is 3. The van der Waals surface area contributed by atoms with E-state index in [1.165, 1.54) is 12.8 Å². The SMILES string of the molecule is CC1Oc2cc3c(cc2O1)C1(CC1)N(CCC1CCN(Cc2ccccn2)CC1)C3=O. The van der Waals surface area contributed by atoms with Crippen molar-refractivity contribution in [1.82, 2.24) is 14.8 Å². The number of likely N-dealkylation sites (tertiary alicyclic amines) is 1. The van der Waals surface area contributed by atoms with E-state index in [2.05, 4.69) is 33.0 Å². The molecule has 6 nitrogen and oxygen atoms in total. The van der Waals surface area contributed by atoms with Gasteiger partial charge in [-0.05, 0) is 80.9 Å². The van der Waals surface area contributed by atoms with E-state index in [-0.39, 0.29) is 17.7 Å². The van der Waals surface area contributed by atoms with E-state index in [0.717, 1.165) is 68.0 Å². The van der Waals surface area contributed by atoms with Crippen LogP contribution in [-0.2, 0) is 12.1 Å². The molecule has 2 aromatic rings. The Morgan fingerprint density at radius 1 is 1.13 bits per heavy atom. The number of pyridine rings is 1. The molecule has 1 atom stereocenters. The fourth-order valence-corrected chi connectivity index (χ4v) is 5.61. The molecule has 1 saturated heterocycles. The Hall–Kier alpha value is -2.60. The first-order chi connectivity index (χ1) is 15.1. The van der Waals surface area contributed by atoms with Crippen LogP contribution in [0, 0.1) is 5.92 Å². The zero-order chi connectivity index (χ0) is 21.0. The Morgan fingerprint density at radius 2 is 1.90 bits per heavy atom. The molecular weight excluding hydrogens is 390 g/mol. The Labute approximate surface area is 183 Å². The second kappa shape index (κ2) is 7.23. The smallest absolute Gasteiger partial charge is 0.255 e. The first kappa shape index (κ1) is 19.1. The molecule has 1 spiro atoms. The van der Waals surface area contributed by atoms with Crippen molar-refractivity contribution in [1.29, 1.82) is 0 Å². The average Bonchev–Trinajstić information content (AvgIpc) is 3.44. The third-order valence-corrected chi connectivity index (χ3v) is 7.47. The van der Waals surface area contributed by atoms with E-state index >= 15 is 0 Å². The summed E-state index contributed by atoms with van der Waals surface area (Å²) in [5, 5.41) is 0. The minimum atomic E-state index is -0.276. The third-order valence-electron chi connectivity index (χ3n) is 7.47. The molecule has 3 aliphatic heterocycles. The van der Waals surface area contributed by atoms with E-state index in [0.29, 0.717) is 11.7 Å². The standard InChI is InChI=1S/C25H29N3O3/c1-17-30-22-14-20-21(15-23(22)31-17)25(8-9-25)28(24(20)29)13-7-18-5-11-27(12-6-18)16-19-4-2-3-10-26-19/h2-4,10,14-15,17-18H,5-9,11-13,16H2,1H3. The van der Waals surface area contributed by atoms with Crippen molar-refractivity contribution in [3.05, 3.63) is 53.3 Å². The lowest BCUT2D eigenvalue weighted by atomic mass is 9.93. The normalized spacial score (nSPS) is 24.1. The summed E-state index contributed by atoms with van der Waals surface area (Å²) in [7, 11) is 0. The molecule has 4 aliphatic rings. The number of carbonyl (C=O) groups is 1. The van der Waals surface area contributed by atoms with E-state index < -0.39 is 0 Å². The molecule has 1 saturated carbocycles. The molecule has 2 fully saturated rings. The van der Waals surface area contributed by atoms with E-state index in [1.54, 1.807) is 0 Å². The number of amides is 1. The van der Waals surface area contributed by atoms with Crippen molar-refractivity contribution >= 4 is 5.91 Å². The zero-order valence-electron chi connectivity index (χ0n) is 18.0. The number of carbonyl (C=O) groups excluding carboxylic acids is 1. The Morgan fingerprint density at radius 3 is 2.61 bits per heavy atom. The first-order valence-electron chi connectivity index (χ1n) is 11.6. The number of rotatable bonds is 5. The second-order valence-corrected chi connectivity index (χ2v) is 9.47. The van der Waals surface area contributed by atoms with E-state index in [1.807, 2.05) is 25.3 Å². The minimum absolute atomic E-state index is 0.0870. The highest BCUT2D eigenvalue weighted by molar-refractivity contribution is 6.01. The monoisotopic (exact) mass is 419 g/mol. The number of hydrogen-bond acceptors (Lipinski definition) is 5. The Kier molecular flexibility index (Phi) is 4.46. The van der Waals surface area contributed by atoms with Gasteiger partial charge in [0.05, 0.1) is 11.2 Å². The summed E-state index contributed by atoms with van der Waals surface area (Å²) in [6.07, 6.45) is 7.19. The maximum Gasteiger partial charge on any atom is 0.255 e. The lowest BCUT2D eigenvalue weighted by Crippen LogP contribution is -2.38. The second-order valence-electron chi connectivity index (χ2n) is 9.47. The molecule has 1 aliphatic carbocycles. The maximum atomic E-state index is 13.3. The highest BCUT2D eigenvalue weighted by Gasteiger charge is 2.58. The predicted octanol–water partition coefficient (Wildman–Crippen LogP) is 3.95. The molecule has 0 radical (unpaired) electrons. The molecule has 4 heterocycles. The van der Waals surface area contributed by atoms with E-state index in [4.69, 9.17) is 9.47 Å². The van der Waals surface area contributed by atoms with Crippen LogP contribution in [0.2, 0.25) is 0 Å². The lowest BCUT2D eigenvalue weighted by molar-refractivity contribution is 0.0646. The Bertz CT molecular complexity index is 997. The molecule has 6 heteroatoms. The summed E-state index contributed by atoms with van der Waals surface area (Å²) < 4.78 is 11.5. The summed E-state index contributed by atoms with van der Waals surface area (Å²) in [5.74, 6) is 2.35. The van der Waals surface area contributed by atoms with Crippen LogP contribution in [0.15, 0.2) is 36.5 Å². The van der Waals surface area contributed by atoms with Gasteiger partial charge >= 0.3 is 0 Å². The molecule has 31 heavy (non-hydrogen) atoms. The van der Waals surface area contributed by atoms with Crippen molar-refractivity contribution in [2.75, 3.05) is 19.6 Å². The molecule has 1 unspecified atom stereocenters. The van der Waals surface area contributed by atoms with Gasteiger partial charge in [0.25, 0.3) is 5.91 Å². The van der Waals surface area contributed by atoms with Gasteiger partial charge in [0, 0.05) is 31.8 Å². The molecule has 0 bridgehead atoms. The predicted molar refractivity (Wildman–Crippen MR) is 116 cm³/mol. The molecule has 6 rings (SSSR count). The van der Waals surface area contributed by atoms with Gasteiger partial charge in [-0.2, -0.15) is 0 Å². The van der Waals surface area contributed by atoms with Crippen molar-refractivity contribution in [3.63, 3.8) is 0 Å². The van der Waals surface area contributed by atoms with Crippen LogP contribution in [0.1, 0.15) is 60.6 Å². The number of hydrogen-bond donors (Lipinski definition) is 0. The van der Waals surface area contributed by atoms with Gasteiger partial charge < -0.3 is 14.4 Å². The van der Waals surface area contributed by atoms with Crippen LogP contribution >= 0.6 is 0 Å². The van der Waals surface area contributed by atoms with Gasteiger partial charge in [0.2, 0.25) is 6.29 Å². The molecule has 1 aromatic carbocycles. The van der Waals surface area contributed by atoms with Crippen molar-refractivity contribution in [3.8, 4) is 11.5 Å². The van der Waals surface area contributed by atoms with Crippen molar-refractivity contribution in [2.45, 2.75) is 57.4 Å². The van der Waals surface area contributed by atoms with Gasteiger partial charge in [0.1, 0.15) is 0 Å². The number of nitrogens with zero attached hydrogens (tertiary/aromatic N) is 3. The minimum Gasteiger partial charge on any atom is -0.451 e. The number of benzene rings is 1. The highest BCUT2D eigenvalue weighted by Crippen LogP contribution is 2.58. The van der Waals surface area contributed by atoms with Crippen LogP contribution in [0.3, 0.4) is 0 Å². The number of piperidine rings is 1. The van der Waals surface area contributed by atoms with Gasteiger partial charge in [0.15, 0.2) is 11.5 Å². The fourth-order valence-electron chi connectivity index (χ4n) is 5.61. The maximum absolute atomic E-state index is 13.3. The summed E-state index contributed by atoms with van der Waals surface area (Å²) in [6.45, 7) is 5.89. The largest absolute Gasteiger partial charge is 0.451 e. The first-order valence-corrected chi connectivity index (χ1v) is 11.6. The molecule has 162 valence electrons. The summed E-state index contributed by atoms with van der Waals surface area (Å²) >= 11 is 0. The molecular formula is C25H29N3O3. The Balaban J connectivity index is 1.08. The van der Waals surface area contributed by atoms with Crippen molar-refractivity contribution < 1.29 is 14.3 Å². The van der Waals surface area contributed by atoms with E-state index in [9.17, 15) is 4.79 Å². The van der Waals surface area contributed by atoms with Crippen LogP contribution in [0.25, 0.3) is 0 Å². The van der Waals surface area contributed by atoms with Crippen LogP contribution < -0.4 is 9.47 Å². The fraction of sp³-hybridized carbons (Fsp3) is 0.520. The topological polar surface area (TPSA) is 54.9 Å². The van der Waals surface area contributed by atoms with Crippen LogP contribution in [-0.4, -0.2) is 46.6 Å². The lowest BCUT2D eigenvalue weighted by Gasteiger charge is -2.33. The molecule has 1 amide bonds. The zero-order valence-corrected chi connectivity index (χ0v) is 18.0. The number of aromatic nitrogens is 1. The van der Waals surface area contributed by atoms with Gasteiger partial charge in [-0.15, -0.1) is 0 Å². The average molecular weight is 420 g/mol. The summed E-state index contributed by atoms with van der Waals surface area (Å²) in [5.41, 5.74) is 3.03. The third kappa shape index (κ3) is 3.28. The molecule has 1 aromatic heterocycles. The summed E-state index contributed by atoms with van der Waals surface area (Å²) in [4.78, 5) is 22.4. The summed E-state index contributed by atoms with van der Waals surface area (Å²) in [6, 6.07) is 10.1.